The monoisotopic (exact) mass is 938 g/mol. The second-order valence-electron chi connectivity index (χ2n) is 15.2. The molecule has 0 spiro atoms. The summed E-state index contributed by atoms with van der Waals surface area (Å²) in [6, 6.07) is 54.3. The molecule has 0 amide bonds. The van der Waals surface area contributed by atoms with E-state index in [9.17, 15) is 0 Å². The van der Waals surface area contributed by atoms with Crippen LogP contribution in [0.2, 0.25) is 19.6 Å². The fourth-order valence-corrected chi connectivity index (χ4v) is 7.80. The van der Waals surface area contributed by atoms with Crippen molar-refractivity contribution in [3.05, 3.63) is 193 Å². The van der Waals surface area contributed by atoms with E-state index >= 15 is 0 Å². The molecular weight excluding hydrogens is 891 g/mol. The number of hydrogen-bond acceptors (Lipinski definition) is 4. The third-order valence-corrected chi connectivity index (χ3v) is 11.7. The second kappa shape index (κ2) is 18.4. The molecule has 0 aliphatic heterocycles. The topological polar surface area (TPSA) is 51.8 Å². The molecule has 9 rings (SSSR count). The van der Waals surface area contributed by atoms with E-state index in [0.717, 1.165) is 50.1 Å². The van der Waals surface area contributed by atoms with Crippen LogP contribution in [0.25, 0.3) is 66.8 Å². The summed E-state index contributed by atoms with van der Waals surface area (Å²) in [5.41, 5.74) is 14.3. The zero-order valence-electron chi connectivity index (χ0n) is 33.3. The number of fused-ring (bicyclic) bond motifs is 3. The summed E-state index contributed by atoms with van der Waals surface area (Å²) in [4.78, 5) is 13.4. The normalized spacial score (nSPS) is 10.8. The summed E-state index contributed by atoms with van der Waals surface area (Å²) in [6.45, 7) is 13.4. The van der Waals surface area contributed by atoms with Crippen LogP contribution in [0, 0.1) is 20.8 Å². The first-order valence-corrected chi connectivity index (χ1v) is 22.6. The van der Waals surface area contributed by atoms with Gasteiger partial charge in [-0.2, -0.15) is 0 Å². The molecule has 0 unspecified atom stereocenters. The Morgan fingerprint density at radius 2 is 1.09 bits per heavy atom. The summed E-state index contributed by atoms with van der Waals surface area (Å²) in [5.74, 6) is 0. The van der Waals surface area contributed by atoms with Gasteiger partial charge < -0.3 is 4.42 Å². The van der Waals surface area contributed by atoms with Gasteiger partial charge in [0, 0.05) is 66.2 Å². The molecule has 57 heavy (non-hydrogen) atoms. The first-order chi connectivity index (χ1) is 27.1. The molecule has 0 fully saturated rings. The molecule has 1 radical (unpaired) electrons. The predicted octanol–water partition coefficient (Wildman–Crippen LogP) is 13.3. The molecule has 0 aliphatic rings. The number of aromatic nitrogens is 3. The van der Waals surface area contributed by atoms with E-state index in [1.807, 2.05) is 79.3 Å². The first kappa shape index (κ1) is 40.9. The van der Waals surface area contributed by atoms with E-state index in [1.165, 1.54) is 38.6 Å². The second-order valence-corrected chi connectivity index (χ2v) is 20.3. The molecule has 0 bridgehead atoms. The van der Waals surface area contributed by atoms with Gasteiger partial charge in [0.2, 0.25) is 0 Å². The molecule has 4 nitrogen and oxygen atoms in total. The summed E-state index contributed by atoms with van der Waals surface area (Å²) < 4.78 is 6.36. The van der Waals surface area contributed by atoms with E-state index in [-0.39, 0.29) is 20.1 Å². The Balaban J connectivity index is 0.000000160. The molecule has 0 aliphatic carbocycles. The van der Waals surface area contributed by atoms with Crippen LogP contribution in [-0.2, 0) is 20.1 Å². The van der Waals surface area contributed by atoms with Crippen LogP contribution in [0.15, 0.2) is 181 Å². The number of aryl methyl sites for hydroxylation is 3. The van der Waals surface area contributed by atoms with Gasteiger partial charge in [0.25, 0.3) is 0 Å². The van der Waals surface area contributed by atoms with E-state index in [4.69, 9.17) is 4.42 Å². The third kappa shape index (κ3) is 10.2. The van der Waals surface area contributed by atoms with Crippen LogP contribution in [0.1, 0.15) is 16.7 Å². The quantitative estimate of drug-likeness (QED) is 0.161. The van der Waals surface area contributed by atoms with E-state index < -0.39 is 8.07 Å². The van der Waals surface area contributed by atoms with Gasteiger partial charge in [-0.15, -0.1) is 0 Å². The van der Waals surface area contributed by atoms with E-state index in [1.54, 1.807) is 0 Å². The number of rotatable bonds is 5. The van der Waals surface area contributed by atoms with Crippen molar-refractivity contribution in [1.82, 2.24) is 15.0 Å². The zero-order valence-corrected chi connectivity index (χ0v) is 36.7. The van der Waals surface area contributed by atoms with E-state index in [0.29, 0.717) is 0 Å². The van der Waals surface area contributed by atoms with Crippen LogP contribution in [0.5, 0.6) is 0 Å². The van der Waals surface area contributed by atoms with Crippen LogP contribution in [0.3, 0.4) is 0 Å². The summed E-state index contributed by atoms with van der Waals surface area (Å²) in [6.07, 6.45) is 5.70. The SMILES string of the molecule is C[Si](C)(C)c1ccc(-c2ccccc2)nc1.Cc1cc(C)cc(-c2ccc3c(c2)oc2c(-c4cc(C)ccn4)cccc23)c1.[Ir].c1ccc(-c2ccccn2)cc1. The smallest absolute Gasteiger partial charge is 0.144 e. The molecule has 0 atom stereocenters. The molecule has 0 saturated carbocycles. The van der Waals surface area contributed by atoms with Crippen molar-refractivity contribution in [2.45, 2.75) is 40.4 Å². The van der Waals surface area contributed by atoms with Crippen LogP contribution in [0.4, 0.5) is 0 Å². The van der Waals surface area contributed by atoms with Crippen molar-refractivity contribution in [1.29, 1.82) is 0 Å². The number of pyridine rings is 3. The molecule has 285 valence electrons. The van der Waals surface area contributed by atoms with Gasteiger partial charge in [0.15, 0.2) is 0 Å². The average Bonchev–Trinajstić information content (AvgIpc) is 3.60. The minimum Gasteiger partial charge on any atom is -0.455 e. The van der Waals surface area contributed by atoms with Crippen molar-refractivity contribution in [2.24, 2.45) is 0 Å². The fourth-order valence-electron chi connectivity index (χ4n) is 6.76. The molecule has 0 N–H and O–H groups in total. The van der Waals surface area contributed by atoms with Crippen molar-refractivity contribution >= 4 is 35.2 Å². The number of nitrogens with zero attached hydrogens (tertiary/aromatic N) is 3. The summed E-state index contributed by atoms with van der Waals surface area (Å²) >= 11 is 0. The molecule has 5 aromatic carbocycles. The van der Waals surface area contributed by atoms with Gasteiger partial charge in [0.1, 0.15) is 11.2 Å². The standard InChI is InChI=1S/C26H21NO.C14H17NSi.C11H9N.Ir/c1-16-9-10-27-24(14-16)23-6-4-5-22-21-8-7-19(15-25(21)28-26(22)23)20-12-17(2)11-18(3)13-20;1-16(2,3)13-9-10-14(15-11-13)12-7-5-4-6-8-12;1-2-6-10(7-3-1)11-8-4-5-9-12-11;/h4-15H,1-3H3;4-11H,1-3H3;1-9H;. The van der Waals surface area contributed by atoms with Crippen LogP contribution >= 0.6 is 0 Å². The Morgan fingerprint density at radius 1 is 0.439 bits per heavy atom. The van der Waals surface area contributed by atoms with Crippen molar-refractivity contribution < 1.29 is 24.5 Å². The number of furan rings is 1. The minimum absolute atomic E-state index is 0. The maximum absolute atomic E-state index is 6.36. The van der Waals surface area contributed by atoms with Gasteiger partial charge in [-0.25, -0.2) is 0 Å². The third-order valence-electron chi connectivity index (χ3n) is 9.68. The maximum Gasteiger partial charge on any atom is 0.144 e. The number of para-hydroxylation sites is 1. The predicted molar refractivity (Wildman–Crippen MR) is 239 cm³/mol. The van der Waals surface area contributed by atoms with Crippen LogP contribution in [-0.4, -0.2) is 23.0 Å². The summed E-state index contributed by atoms with van der Waals surface area (Å²) in [5, 5.41) is 3.67. The zero-order chi connectivity index (χ0) is 39.1. The van der Waals surface area contributed by atoms with Gasteiger partial charge >= 0.3 is 0 Å². The molecule has 0 saturated heterocycles. The van der Waals surface area contributed by atoms with Gasteiger partial charge in [-0.1, -0.05) is 140 Å². The summed E-state index contributed by atoms with van der Waals surface area (Å²) in [7, 11) is -1.22. The Labute approximate surface area is 351 Å². The van der Waals surface area contributed by atoms with Gasteiger partial charge in [-0.05, 0) is 91.2 Å². The van der Waals surface area contributed by atoms with Crippen molar-refractivity contribution in [3.8, 4) is 44.9 Å². The largest absolute Gasteiger partial charge is 0.455 e. The fraction of sp³-hybridized carbons (Fsp3) is 0.118. The Kier molecular flexibility index (Phi) is 13.2. The average molecular weight is 938 g/mol. The number of benzene rings is 5. The number of hydrogen-bond donors (Lipinski definition) is 0. The van der Waals surface area contributed by atoms with Crippen LogP contribution < -0.4 is 5.19 Å². The maximum atomic E-state index is 6.36. The first-order valence-electron chi connectivity index (χ1n) is 19.1. The molecule has 4 heterocycles. The van der Waals surface area contributed by atoms with E-state index in [2.05, 4.69) is 152 Å². The van der Waals surface area contributed by atoms with Crippen molar-refractivity contribution in [2.75, 3.05) is 0 Å². The molecule has 9 aromatic rings. The Morgan fingerprint density at radius 3 is 1.68 bits per heavy atom. The Hall–Kier alpha value is -5.78. The van der Waals surface area contributed by atoms with Crippen molar-refractivity contribution in [3.63, 3.8) is 0 Å². The molecular formula is C51H47IrN3OSi. The van der Waals surface area contributed by atoms with Gasteiger partial charge in [-0.3, -0.25) is 15.0 Å². The Bertz CT molecular complexity index is 2630. The molecule has 6 heteroatoms. The molecule has 4 aromatic heterocycles. The minimum atomic E-state index is -1.22. The van der Waals surface area contributed by atoms with Gasteiger partial charge in [0.05, 0.1) is 25.2 Å².